The van der Waals surface area contributed by atoms with E-state index in [1.807, 2.05) is 56.5 Å². The maximum Gasteiger partial charge on any atom is 0.270 e. The molecule has 5 heteroatoms. The van der Waals surface area contributed by atoms with Gasteiger partial charge in [-0.1, -0.05) is 18.2 Å². The van der Waals surface area contributed by atoms with E-state index in [1.54, 1.807) is 16.8 Å². The van der Waals surface area contributed by atoms with Gasteiger partial charge in [-0.2, -0.15) is 0 Å². The van der Waals surface area contributed by atoms with Gasteiger partial charge in [0.25, 0.3) is 5.91 Å². The standard InChI is InChI=1S/C24H28N4O/c1-5-27(6-2)23-14-12-22(13-15-23)25-17-21-16-18(3)28(19(21)4)26-24(29)20-10-8-7-9-11-20/h7-17H,5-6H2,1-4H3,(H,26,29). The van der Waals surface area contributed by atoms with E-state index in [-0.39, 0.29) is 5.91 Å². The minimum Gasteiger partial charge on any atom is -0.372 e. The average Bonchev–Trinajstić information content (AvgIpc) is 3.02. The molecule has 0 saturated carbocycles. The summed E-state index contributed by atoms with van der Waals surface area (Å²) < 4.78 is 1.81. The van der Waals surface area contributed by atoms with Crippen molar-refractivity contribution in [1.82, 2.24) is 4.68 Å². The van der Waals surface area contributed by atoms with Crippen LogP contribution in [-0.2, 0) is 0 Å². The number of aryl methyl sites for hydroxylation is 1. The molecule has 29 heavy (non-hydrogen) atoms. The van der Waals surface area contributed by atoms with Gasteiger partial charge >= 0.3 is 0 Å². The average molecular weight is 389 g/mol. The third kappa shape index (κ3) is 4.74. The van der Waals surface area contributed by atoms with Gasteiger partial charge in [0, 0.05) is 47.5 Å². The molecule has 3 aromatic rings. The van der Waals surface area contributed by atoms with Crippen LogP contribution in [0.1, 0.15) is 41.2 Å². The van der Waals surface area contributed by atoms with E-state index >= 15 is 0 Å². The van der Waals surface area contributed by atoms with E-state index in [2.05, 4.69) is 41.3 Å². The van der Waals surface area contributed by atoms with Crippen molar-refractivity contribution in [3.8, 4) is 0 Å². The molecule has 0 aliphatic carbocycles. The fraction of sp³-hybridized carbons (Fsp3) is 0.250. The zero-order valence-electron chi connectivity index (χ0n) is 17.5. The van der Waals surface area contributed by atoms with E-state index in [0.29, 0.717) is 5.56 Å². The van der Waals surface area contributed by atoms with Crippen molar-refractivity contribution in [2.24, 2.45) is 4.99 Å². The molecule has 1 N–H and O–H groups in total. The van der Waals surface area contributed by atoms with Crippen molar-refractivity contribution in [1.29, 1.82) is 0 Å². The summed E-state index contributed by atoms with van der Waals surface area (Å²) in [5, 5.41) is 0. The van der Waals surface area contributed by atoms with Crippen LogP contribution in [-0.4, -0.2) is 29.9 Å². The van der Waals surface area contributed by atoms with Crippen molar-refractivity contribution in [2.45, 2.75) is 27.7 Å². The lowest BCUT2D eigenvalue weighted by molar-refractivity contribution is 0.101. The number of benzene rings is 2. The Morgan fingerprint density at radius 3 is 2.31 bits per heavy atom. The molecular formula is C24H28N4O. The molecule has 0 aliphatic rings. The summed E-state index contributed by atoms with van der Waals surface area (Å²) in [5.41, 5.74) is 8.56. The molecule has 0 fully saturated rings. The van der Waals surface area contributed by atoms with Crippen LogP contribution in [0.3, 0.4) is 0 Å². The third-order valence-corrected chi connectivity index (χ3v) is 5.05. The van der Waals surface area contributed by atoms with E-state index in [1.165, 1.54) is 5.69 Å². The lowest BCUT2D eigenvalue weighted by atomic mass is 10.2. The maximum absolute atomic E-state index is 12.5. The number of nitrogens with one attached hydrogen (secondary N) is 1. The highest BCUT2D eigenvalue weighted by molar-refractivity contribution is 6.00. The number of aromatic nitrogens is 1. The van der Waals surface area contributed by atoms with Crippen LogP contribution >= 0.6 is 0 Å². The van der Waals surface area contributed by atoms with Crippen LogP contribution in [0.5, 0.6) is 0 Å². The fourth-order valence-electron chi connectivity index (χ4n) is 3.33. The summed E-state index contributed by atoms with van der Waals surface area (Å²) >= 11 is 0. The van der Waals surface area contributed by atoms with Crippen molar-refractivity contribution >= 4 is 23.5 Å². The second kappa shape index (κ2) is 9.24. The fourth-order valence-corrected chi connectivity index (χ4v) is 3.33. The molecule has 5 nitrogen and oxygen atoms in total. The summed E-state index contributed by atoms with van der Waals surface area (Å²) in [5.74, 6) is -0.136. The molecule has 150 valence electrons. The van der Waals surface area contributed by atoms with E-state index < -0.39 is 0 Å². The molecule has 0 aliphatic heterocycles. The van der Waals surface area contributed by atoms with Gasteiger partial charge < -0.3 is 4.90 Å². The van der Waals surface area contributed by atoms with E-state index in [4.69, 9.17) is 0 Å². The molecule has 0 radical (unpaired) electrons. The highest BCUT2D eigenvalue weighted by atomic mass is 16.2. The number of rotatable bonds is 7. The van der Waals surface area contributed by atoms with Crippen LogP contribution < -0.4 is 10.3 Å². The van der Waals surface area contributed by atoms with Crippen molar-refractivity contribution in [3.05, 3.63) is 83.2 Å². The number of carbonyl (C=O) groups excluding carboxylic acids is 1. The number of carbonyl (C=O) groups is 1. The van der Waals surface area contributed by atoms with Gasteiger partial charge in [0.1, 0.15) is 0 Å². The Bertz CT molecular complexity index is 984. The molecule has 0 spiro atoms. The van der Waals surface area contributed by atoms with Gasteiger partial charge in [0.2, 0.25) is 0 Å². The molecule has 0 atom stereocenters. The van der Waals surface area contributed by atoms with Crippen molar-refractivity contribution < 1.29 is 4.79 Å². The molecule has 0 bridgehead atoms. The first-order valence-electron chi connectivity index (χ1n) is 9.98. The Morgan fingerprint density at radius 1 is 1.03 bits per heavy atom. The van der Waals surface area contributed by atoms with Gasteiger partial charge in [-0.15, -0.1) is 0 Å². The lowest BCUT2D eigenvalue weighted by Gasteiger charge is -2.20. The first-order chi connectivity index (χ1) is 14.0. The normalized spacial score (nSPS) is 11.0. The summed E-state index contributed by atoms with van der Waals surface area (Å²) in [7, 11) is 0. The summed E-state index contributed by atoms with van der Waals surface area (Å²) in [6.07, 6.45) is 1.85. The SMILES string of the molecule is CCN(CC)c1ccc(N=Cc2cc(C)n(NC(=O)c3ccccc3)c2C)cc1. The van der Waals surface area contributed by atoms with Gasteiger partial charge in [0.05, 0.1) is 5.69 Å². The Hall–Kier alpha value is -3.34. The summed E-state index contributed by atoms with van der Waals surface area (Å²) in [6.45, 7) is 10.2. The van der Waals surface area contributed by atoms with Gasteiger partial charge in [-0.25, -0.2) is 0 Å². The molecule has 2 aromatic carbocycles. The van der Waals surface area contributed by atoms with Crippen molar-refractivity contribution in [3.63, 3.8) is 0 Å². The minimum atomic E-state index is -0.136. The predicted octanol–water partition coefficient (Wildman–Crippen LogP) is 5.09. The van der Waals surface area contributed by atoms with Crippen LogP contribution in [0.4, 0.5) is 11.4 Å². The largest absolute Gasteiger partial charge is 0.372 e. The molecule has 1 heterocycles. The monoisotopic (exact) mass is 388 g/mol. The van der Waals surface area contributed by atoms with Crippen LogP contribution in [0, 0.1) is 13.8 Å². The molecule has 0 saturated heterocycles. The highest BCUT2D eigenvalue weighted by Crippen LogP contribution is 2.20. The number of hydrogen-bond donors (Lipinski definition) is 1. The minimum absolute atomic E-state index is 0.136. The summed E-state index contributed by atoms with van der Waals surface area (Å²) in [4.78, 5) is 19.4. The van der Waals surface area contributed by atoms with Crippen molar-refractivity contribution in [2.75, 3.05) is 23.4 Å². The number of aliphatic imine (C=N–C) groups is 1. The van der Waals surface area contributed by atoms with E-state index in [0.717, 1.165) is 35.7 Å². The lowest BCUT2D eigenvalue weighted by Crippen LogP contribution is -2.24. The molecule has 1 aromatic heterocycles. The van der Waals surface area contributed by atoms with Crippen LogP contribution in [0.25, 0.3) is 0 Å². The smallest absolute Gasteiger partial charge is 0.270 e. The maximum atomic E-state index is 12.5. The van der Waals surface area contributed by atoms with Gasteiger partial charge in [-0.3, -0.25) is 19.9 Å². The van der Waals surface area contributed by atoms with Crippen LogP contribution in [0.15, 0.2) is 65.7 Å². The second-order valence-corrected chi connectivity index (χ2v) is 6.92. The Balaban J connectivity index is 1.75. The Labute approximate surface area is 172 Å². The number of anilines is 1. The van der Waals surface area contributed by atoms with Gasteiger partial charge in [-0.05, 0) is 70.2 Å². The number of nitrogens with zero attached hydrogens (tertiary/aromatic N) is 3. The summed E-state index contributed by atoms with van der Waals surface area (Å²) in [6, 6.07) is 19.5. The third-order valence-electron chi connectivity index (χ3n) is 5.05. The number of amides is 1. The van der Waals surface area contributed by atoms with E-state index in [9.17, 15) is 4.79 Å². The molecule has 3 rings (SSSR count). The predicted molar refractivity (Wildman–Crippen MR) is 121 cm³/mol. The highest BCUT2D eigenvalue weighted by Gasteiger charge is 2.11. The Kier molecular flexibility index (Phi) is 6.50. The first kappa shape index (κ1) is 20.4. The first-order valence-corrected chi connectivity index (χ1v) is 9.98. The second-order valence-electron chi connectivity index (χ2n) is 6.92. The number of hydrogen-bond acceptors (Lipinski definition) is 3. The molecule has 0 unspecified atom stereocenters. The molecule has 1 amide bonds. The van der Waals surface area contributed by atoms with Crippen LogP contribution in [0.2, 0.25) is 0 Å². The topological polar surface area (TPSA) is 49.6 Å². The Morgan fingerprint density at radius 2 is 1.69 bits per heavy atom. The quantitative estimate of drug-likeness (QED) is 0.574. The zero-order chi connectivity index (χ0) is 20.8. The van der Waals surface area contributed by atoms with Gasteiger partial charge in [0.15, 0.2) is 0 Å². The molecular weight excluding hydrogens is 360 g/mol. The zero-order valence-corrected chi connectivity index (χ0v) is 17.5.